The molecule has 3 rings (SSSR count). The van der Waals surface area contributed by atoms with Crippen LogP contribution in [0.2, 0.25) is 5.15 Å². The van der Waals surface area contributed by atoms with Crippen molar-refractivity contribution in [2.45, 2.75) is 31.7 Å². The van der Waals surface area contributed by atoms with Crippen molar-refractivity contribution in [3.63, 3.8) is 0 Å². The van der Waals surface area contributed by atoms with E-state index in [0.29, 0.717) is 33.4 Å². The van der Waals surface area contributed by atoms with Gasteiger partial charge in [-0.2, -0.15) is 0 Å². The molecule has 7 heteroatoms. The van der Waals surface area contributed by atoms with Gasteiger partial charge in [0.1, 0.15) is 17.3 Å². The number of pyridine rings is 2. The summed E-state index contributed by atoms with van der Waals surface area (Å²) in [4.78, 5) is 23.1. The predicted octanol–water partition coefficient (Wildman–Crippen LogP) is 2.99. The molecule has 2 aromatic rings. The first-order valence-electron chi connectivity index (χ1n) is 8.98. The van der Waals surface area contributed by atoms with Crippen LogP contribution in [0.1, 0.15) is 36.0 Å². The molecule has 0 bridgehead atoms. The van der Waals surface area contributed by atoms with Crippen LogP contribution in [0.5, 0.6) is 0 Å². The largest absolute Gasteiger partial charge is 0.388 e. The molecule has 0 saturated heterocycles. The summed E-state index contributed by atoms with van der Waals surface area (Å²) in [6.07, 6.45) is 5.88. The van der Waals surface area contributed by atoms with Crippen molar-refractivity contribution in [3.05, 3.63) is 29.0 Å². The lowest BCUT2D eigenvalue weighted by Crippen LogP contribution is -2.31. The summed E-state index contributed by atoms with van der Waals surface area (Å²) in [5.41, 5.74) is 2.25. The molecule has 0 unspecified atom stereocenters. The molecule has 6 nitrogen and oxygen atoms in total. The van der Waals surface area contributed by atoms with Crippen molar-refractivity contribution < 1.29 is 9.90 Å². The summed E-state index contributed by atoms with van der Waals surface area (Å²) >= 11 is 6.06. The van der Waals surface area contributed by atoms with E-state index in [-0.39, 0.29) is 11.8 Å². The fourth-order valence-electron chi connectivity index (χ4n) is 3.69. The molecule has 26 heavy (non-hydrogen) atoms. The number of hydrogen-bond donors (Lipinski definition) is 2. The van der Waals surface area contributed by atoms with Gasteiger partial charge in [-0.05, 0) is 57.8 Å². The van der Waals surface area contributed by atoms with Crippen LogP contribution in [0.4, 0.5) is 5.69 Å². The number of rotatable bonds is 6. The number of aliphatic hydroxyl groups excluding tert-OH is 1. The van der Waals surface area contributed by atoms with Gasteiger partial charge < -0.3 is 15.3 Å². The number of aliphatic hydroxyl groups is 1. The Kier molecular flexibility index (Phi) is 6.06. The van der Waals surface area contributed by atoms with Crippen LogP contribution in [0.25, 0.3) is 11.0 Å². The molecule has 140 valence electrons. The zero-order valence-corrected chi connectivity index (χ0v) is 16.0. The first-order chi connectivity index (χ1) is 12.5. The Morgan fingerprint density at radius 1 is 1.31 bits per heavy atom. The van der Waals surface area contributed by atoms with Crippen molar-refractivity contribution in [2.75, 3.05) is 32.6 Å². The minimum absolute atomic E-state index is 0.269. The van der Waals surface area contributed by atoms with Gasteiger partial charge in [-0.3, -0.25) is 9.78 Å². The third-order valence-electron chi connectivity index (χ3n) is 4.94. The highest BCUT2D eigenvalue weighted by Gasteiger charge is 2.24. The first-order valence-corrected chi connectivity index (χ1v) is 9.36. The summed E-state index contributed by atoms with van der Waals surface area (Å²) in [7, 11) is 4.21. The molecule has 2 N–H and O–H groups in total. The highest BCUT2D eigenvalue weighted by Crippen LogP contribution is 2.31. The van der Waals surface area contributed by atoms with Gasteiger partial charge in [0.05, 0.1) is 16.8 Å². The van der Waals surface area contributed by atoms with E-state index in [1.807, 2.05) is 0 Å². The molecule has 0 atom stereocenters. The van der Waals surface area contributed by atoms with Gasteiger partial charge >= 0.3 is 0 Å². The van der Waals surface area contributed by atoms with Gasteiger partial charge in [-0.1, -0.05) is 11.6 Å². The van der Waals surface area contributed by atoms with Crippen molar-refractivity contribution >= 4 is 34.1 Å². The van der Waals surface area contributed by atoms with Crippen molar-refractivity contribution in [1.29, 1.82) is 0 Å². The molecule has 0 aromatic carbocycles. The van der Waals surface area contributed by atoms with Crippen LogP contribution >= 0.6 is 11.6 Å². The van der Waals surface area contributed by atoms with E-state index in [1.54, 1.807) is 12.1 Å². The number of hydrogen-bond acceptors (Lipinski definition) is 6. The van der Waals surface area contributed by atoms with Crippen LogP contribution in [0.3, 0.4) is 0 Å². The Hall–Kier alpha value is -1.76. The van der Waals surface area contributed by atoms with Crippen LogP contribution < -0.4 is 5.32 Å². The monoisotopic (exact) mass is 376 g/mol. The van der Waals surface area contributed by atoms with E-state index in [9.17, 15) is 9.90 Å². The summed E-state index contributed by atoms with van der Waals surface area (Å²) in [5.74, 6) is 0.341. The fraction of sp³-hybridized carbons (Fsp3) is 0.526. The zero-order valence-electron chi connectivity index (χ0n) is 15.2. The predicted molar refractivity (Wildman–Crippen MR) is 104 cm³/mol. The van der Waals surface area contributed by atoms with Gasteiger partial charge in [0.25, 0.3) is 0 Å². The maximum Gasteiger partial charge on any atom is 0.191 e. The number of anilines is 1. The number of halogens is 1. The number of carbonyl (C=O) groups is 1. The van der Waals surface area contributed by atoms with Gasteiger partial charge in [0.2, 0.25) is 0 Å². The Bertz CT molecular complexity index is 788. The van der Waals surface area contributed by atoms with E-state index < -0.39 is 6.61 Å². The lowest BCUT2D eigenvalue weighted by atomic mass is 9.85. The number of nitrogens with zero attached hydrogens (tertiary/aromatic N) is 3. The van der Waals surface area contributed by atoms with E-state index in [4.69, 9.17) is 11.6 Å². The molecule has 1 fully saturated rings. The molecule has 0 aliphatic heterocycles. The van der Waals surface area contributed by atoms with E-state index in [1.165, 1.54) is 6.20 Å². The molecule has 0 spiro atoms. The number of Topliss-reactive ketones (excluding diaryl/α,β-unsaturated/α-hetero) is 1. The van der Waals surface area contributed by atoms with Gasteiger partial charge in [0, 0.05) is 18.8 Å². The average Bonchev–Trinajstić information content (AvgIpc) is 2.62. The Labute approximate surface area is 158 Å². The number of carbonyl (C=O) groups excluding carboxylic acids is 1. The van der Waals surface area contributed by atoms with Crippen LogP contribution in [-0.4, -0.2) is 59.0 Å². The molecular formula is C19H25ClN4O2. The molecule has 1 aliphatic carbocycles. The zero-order chi connectivity index (χ0) is 18.7. The van der Waals surface area contributed by atoms with Gasteiger partial charge in [-0.15, -0.1) is 0 Å². The molecule has 2 heterocycles. The topological polar surface area (TPSA) is 78.4 Å². The van der Waals surface area contributed by atoms with Crippen LogP contribution in [0, 0.1) is 5.92 Å². The van der Waals surface area contributed by atoms with Gasteiger partial charge in [-0.25, -0.2) is 4.98 Å². The van der Waals surface area contributed by atoms with E-state index in [0.717, 1.165) is 32.2 Å². The average molecular weight is 377 g/mol. The number of nitrogens with one attached hydrogen (secondary N) is 1. The summed E-state index contributed by atoms with van der Waals surface area (Å²) in [5, 5.41) is 13.2. The van der Waals surface area contributed by atoms with Crippen LogP contribution in [-0.2, 0) is 0 Å². The molecule has 1 aliphatic rings. The van der Waals surface area contributed by atoms with Gasteiger partial charge in [0.15, 0.2) is 5.78 Å². The minimum Gasteiger partial charge on any atom is -0.388 e. The highest BCUT2D eigenvalue weighted by atomic mass is 35.5. The van der Waals surface area contributed by atoms with Crippen molar-refractivity contribution in [3.8, 4) is 0 Å². The second-order valence-electron chi connectivity index (χ2n) is 7.25. The number of fused-ring (bicyclic) bond motifs is 1. The normalized spacial score (nSPS) is 20.5. The Morgan fingerprint density at radius 2 is 2.04 bits per heavy atom. The standard InChI is InChI=1S/C19H25ClN4O2/c1-24(2)10-12-3-5-13(6-4-12)22-18-14(16(26)11-25)9-21-15-7-8-17(20)23-19(15)18/h7-9,12-13,25H,3-6,10-11H2,1-2H3,(H,21,22)/t12-,13-. The van der Waals surface area contributed by atoms with E-state index >= 15 is 0 Å². The minimum atomic E-state index is -0.558. The summed E-state index contributed by atoms with van der Waals surface area (Å²) in [6.45, 7) is 0.550. The fourth-order valence-corrected chi connectivity index (χ4v) is 3.84. The van der Waals surface area contributed by atoms with E-state index in [2.05, 4.69) is 34.3 Å². The molecular weight excluding hydrogens is 352 g/mol. The molecule has 0 radical (unpaired) electrons. The second kappa shape index (κ2) is 8.29. The number of ketones is 1. The lowest BCUT2D eigenvalue weighted by molar-refractivity contribution is 0.0904. The summed E-state index contributed by atoms with van der Waals surface area (Å²) in [6, 6.07) is 3.74. The SMILES string of the molecule is CN(C)C[C@H]1CC[C@H](Nc2c(C(=O)CO)cnc3ccc(Cl)nc23)CC1. The quantitative estimate of drug-likeness (QED) is 0.596. The third-order valence-corrected chi connectivity index (χ3v) is 5.15. The lowest BCUT2D eigenvalue weighted by Gasteiger charge is -2.31. The molecule has 1 saturated carbocycles. The van der Waals surface area contributed by atoms with Crippen molar-refractivity contribution in [2.24, 2.45) is 5.92 Å². The van der Waals surface area contributed by atoms with Crippen LogP contribution in [0.15, 0.2) is 18.3 Å². The maximum absolute atomic E-state index is 12.2. The molecule has 2 aromatic heterocycles. The third kappa shape index (κ3) is 4.31. The first kappa shape index (κ1) is 19.0. The maximum atomic E-state index is 12.2. The highest BCUT2D eigenvalue weighted by molar-refractivity contribution is 6.30. The Balaban J connectivity index is 1.86. The van der Waals surface area contributed by atoms with Crippen molar-refractivity contribution in [1.82, 2.24) is 14.9 Å². The smallest absolute Gasteiger partial charge is 0.191 e. The summed E-state index contributed by atoms with van der Waals surface area (Å²) < 4.78 is 0. The molecule has 0 amide bonds. The number of aromatic nitrogens is 2. The Morgan fingerprint density at radius 3 is 2.69 bits per heavy atom. The second-order valence-corrected chi connectivity index (χ2v) is 7.64.